The van der Waals surface area contributed by atoms with Crippen molar-refractivity contribution in [1.82, 2.24) is 25.1 Å². The highest BCUT2D eigenvalue weighted by atomic mass is 19.1. The molecule has 1 saturated heterocycles. The van der Waals surface area contributed by atoms with Crippen LogP contribution < -0.4 is 10.2 Å². The van der Waals surface area contributed by atoms with Gasteiger partial charge in [0.05, 0.1) is 12.6 Å². The Bertz CT molecular complexity index is 1020. The molecular weight excluding hydrogens is 347 g/mol. The molecule has 0 bridgehead atoms. The Morgan fingerprint density at radius 2 is 2.00 bits per heavy atom. The first-order valence-corrected chi connectivity index (χ1v) is 9.23. The maximum Gasteiger partial charge on any atom is 0.239 e. The highest BCUT2D eigenvalue weighted by molar-refractivity contribution is 5.83. The first kappa shape index (κ1) is 16.2. The summed E-state index contributed by atoms with van der Waals surface area (Å²) < 4.78 is 15.2. The fourth-order valence-corrected chi connectivity index (χ4v) is 4.17. The van der Waals surface area contributed by atoms with Gasteiger partial charge in [0.1, 0.15) is 5.82 Å². The van der Waals surface area contributed by atoms with Crippen LogP contribution >= 0.6 is 0 Å². The third-order valence-corrected chi connectivity index (χ3v) is 5.42. The zero-order chi connectivity index (χ0) is 18.4. The molecule has 1 saturated carbocycles. The predicted octanol–water partition coefficient (Wildman–Crippen LogP) is 2.18. The molecule has 2 unspecified atom stereocenters. The molecule has 138 valence electrons. The number of carbonyl (C=O) groups is 1. The van der Waals surface area contributed by atoms with E-state index in [0.717, 1.165) is 25.7 Å². The zero-order valence-corrected chi connectivity index (χ0v) is 14.7. The second kappa shape index (κ2) is 6.29. The number of halogens is 1. The summed E-state index contributed by atoms with van der Waals surface area (Å²) in [4.78, 5) is 14.3. The Morgan fingerprint density at radius 3 is 2.89 bits per heavy atom. The first-order valence-electron chi connectivity index (χ1n) is 9.23. The predicted molar refractivity (Wildman–Crippen MR) is 97.7 cm³/mol. The third kappa shape index (κ3) is 2.81. The van der Waals surface area contributed by atoms with Crippen LogP contribution in [0.4, 0.5) is 10.2 Å². The van der Waals surface area contributed by atoms with E-state index in [2.05, 4.69) is 20.4 Å². The number of carbonyl (C=O) groups excluding carboxylic acids is 1. The minimum absolute atomic E-state index is 0.0224. The summed E-state index contributed by atoms with van der Waals surface area (Å²) in [6, 6.07) is 10.3. The number of piperazine rings is 1. The average molecular weight is 366 g/mol. The van der Waals surface area contributed by atoms with Gasteiger partial charge in [0.25, 0.3) is 0 Å². The molecule has 8 heteroatoms. The van der Waals surface area contributed by atoms with Gasteiger partial charge in [-0.2, -0.15) is 4.52 Å². The molecular formula is C19H19FN6O. The summed E-state index contributed by atoms with van der Waals surface area (Å²) >= 11 is 0. The van der Waals surface area contributed by atoms with Crippen LogP contribution in [0.15, 0.2) is 36.4 Å². The molecule has 1 amide bonds. The van der Waals surface area contributed by atoms with E-state index in [-0.39, 0.29) is 30.4 Å². The highest BCUT2D eigenvalue weighted by Crippen LogP contribution is 2.29. The number of hydrogen-bond acceptors (Lipinski definition) is 5. The fraction of sp³-hybridized carbons (Fsp3) is 0.368. The van der Waals surface area contributed by atoms with Crippen molar-refractivity contribution in [2.24, 2.45) is 0 Å². The Morgan fingerprint density at radius 1 is 1.11 bits per heavy atom. The van der Waals surface area contributed by atoms with Crippen molar-refractivity contribution in [3.05, 3.63) is 42.2 Å². The SMILES string of the molecule is O=C1CN(c2ccc3nnc(-c4cccc(F)c4)n3n2)C2CCCCC2N1. The van der Waals surface area contributed by atoms with Gasteiger partial charge in [0, 0.05) is 11.6 Å². The quantitative estimate of drug-likeness (QED) is 0.752. The van der Waals surface area contributed by atoms with Crippen molar-refractivity contribution in [1.29, 1.82) is 0 Å². The van der Waals surface area contributed by atoms with Crippen molar-refractivity contribution in [3.8, 4) is 11.4 Å². The van der Waals surface area contributed by atoms with Gasteiger partial charge in [-0.25, -0.2) is 4.39 Å². The van der Waals surface area contributed by atoms with Crippen LogP contribution in [0.25, 0.3) is 17.0 Å². The number of anilines is 1. The third-order valence-electron chi connectivity index (χ3n) is 5.42. The maximum absolute atomic E-state index is 13.6. The van der Waals surface area contributed by atoms with Crippen molar-refractivity contribution in [2.75, 3.05) is 11.4 Å². The number of hydrogen-bond donors (Lipinski definition) is 1. The fourth-order valence-electron chi connectivity index (χ4n) is 4.17. The summed E-state index contributed by atoms with van der Waals surface area (Å²) in [7, 11) is 0. The molecule has 2 atom stereocenters. The smallest absolute Gasteiger partial charge is 0.239 e. The first-order chi connectivity index (χ1) is 13.2. The van der Waals surface area contributed by atoms with Crippen molar-refractivity contribution >= 4 is 17.4 Å². The van der Waals surface area contributed by atoms with E-state index in [4.69, 9.17) is 5.10 Å². The monoisotopic (exact) mass is 366 g/mol. The molecule has 2 aromatic heterocycles. The summed E-state index contributed by atoms with van der Waals surface area (Å²) in [5.74, 6) is 0.881. The summed E-state index contributed by atoms with van der Waals surface area (Å²) in [5.41, 5.74) is 1.19. The van der Waals surface area contributed by atoms with Gasteiger partial charge in [0.2, 0.25) is 5.91 Å². The van der Waals surface area contributed by atoms with Crippen LogP contribution in [-0.4, -0.2) is 44.3 Å². The van der Waals surface area contributed by atoms with Gasteiger partial charge in [-0.15, -0.1) is 15.3 Å². The molecule has 5 rings (SSSR count). The molecule has 1 aliphatic heterocycles. The van der Waals surface area contributed by atoms with Crippen LogP contribution in [0.3, 0.4) is 0 Å². The second-order valence-electron chi connectivity index (χ2n) is 7.15. The molecule has 1 aromatic carbocycles. The minimum Gasteiger partial charge on any atom is -0.350 e. The molecule has 2 aliphatic rings. The maximum atomic E-state index is 13.6. The second-order valence-corrected chi connectivity index (χ2v) is 7.15. The van der Waals surface area contributed by atoms with Gasteiger partial charge in [0.15, 0.2) is 17.3 Å². The molecule has 7 nitrogen and oxygen atoms in total. The number of nitrogens with zero attached hydrogens (tertiary/aromatic N) is 5. The normalized spacial score (nSPS) is 22.6. The lowest BCUT2D eigenvalue weighted by Crippen LogP contribution is -2.62. The van der Waals surface area contributed by atoms with E-state index in [1.165, 1.54) is 12.1 Å². The largest absolute Gasteiger partial charge is 0.350 e. The molecule has 27 heavy (non-hydrogen) atoms. The van der Waals surface area contributed by atoms with Gasteiger partial charge >= 0.3 is 0 Å². The van der Waals surface area contributed by atoms with Crippen LogP contribution in [-0.2, 0) is 4.79 Å². The highest BCUT2D eigenvalue weighted by Gasteiger charge is 2.37. The van der Waals surface area contributed by atoms with Crippen LogP contribution in [0, 0.1) is 5.82 Å². The molecule has 2 fully saturated rings. The molecule has 0 spiro atoms. The van der Waals surface area contributed by atoms with Crippen LogP contribution in [0.1, 0.15) is 25.7 Å². The number of amides is 1. The Labute approximate surface area is 155 Å². The summed E-state index contributed by atoms with van der Waals surface area (Å²) in [5, 5.41) is 16.1. The van der Waals surface area contributed by atoms with Crippen molar-refractivity contribution in [3.63, 3.8) is 0 Å². The van der Waals surface area contributed by atoms with E-state index in [9.17, 15) is 9.18 Å². The number of aromatic nitrogens is 4. The number of fused-ring (bicyclic) bond motifs is 2. The molecule has 1 N–H and O–H groups in total. The van der Waals surface area contributed by atoms with E-state index in [1.807, 2.05) is 12.1 Å². The molecule has 3 heterocycles. The lowest BCUT2D eigenvalue weighted by Gasteiger charge is -2.44. The van der Waals surface area contributed by atoms with Gasteiger partial charge in [-0.3, -0.25) is 4.79 Å². The zero-order valence-electron chi connectivity index (χ0n) is 14.7. The van der Waals surface area contributed by atoms with Crippen molar-refractivity contribution < 1.29 is 9.18 Å². The Balaban J connectivity index is 1.57. The summed E-state index contributed by atoms with van der Waals surface area (Å²) in [6.07, 6.45) is 4.31. The molecule has 1 aliphatic carbocycles. The average Bonchev–Trinajstić information content (AvgIpc) is 3.10. The van der Waals surface area contributed by atoms with E-state index < -0.39 is 0 Å². The Kier molecular flexibility index (Phi) is 3.77. The Hall–Kier alpha value is -3.03. The van der Waals surface area contributed by atoms with Gasteiger partial charge in [-0.1, -0.05) is 25.0 Å². The number of rotatable bonds is 2. The van der Waals surface area contributed by atoms with E-state index >= 15 is 0 Å². The number of benzene rings is 1. The van der Waals surface area contributed by atoms with Crippen LogP contribution in [0.5, 0.6) is 0 Å². The summed E-state index contributed by atoms with van der Waals surface area (Å²) in [6.45, 7) is 0.289. The standard InChI is InChI=1S/C19H19FN6O/c20-13-5-3-4-12(10-13)19-23-22-16-8-9-17(24-26(16)19)25-11-18(27)21-14-6-1-2-7-15(14)25/h3-5,8-10,14-15H,1-2,6-7,11H2,(H,21,27). The number of nitrogens with one attached hydrogen (secondary N) is 1. The van der Waals surface area contributed by atoms with E-state index in [1.54, 1.807) is 16.6 Å². The van der Waals surface area contributed by atoms with Crippen LogP contribution in [0.2, 0.25) is 0 Å². The molecule has 3 aromatic rings. The van der Waals surface area contributed by atoms with Crippen molar-refractivity contribution in [2.45, 2.75) is 37.8 Å². The lowest BCUT2D eigenvalue weighted by atomic mass is 9.87. The van der Waals surface area contributed by atoms with Gasteiger partial charge < -0.3 is 10.2 Å². The molecule has 0 radical (unpaired) electrons. The topological polar surface area (TPSA) is 75.4 Å². The lowest BCUT2D eigenvalue weighted by molar-refractivity contribution is -0.122. The van der Waals surface area contributed by atoms with Gasteiger partial charge in [-0.05, 0) is 37.1 Å². The minimum atomic E-state index is -0.335. The van der Waals surface area contributed by atoms with E-state index in [0.29, 0.717) is 22.9 Å².